The Balaban J connectivity index is 1.71. The zero-order chi connectivity index (χ0) is 13.0. The van der Waals surface area contributed by atoms with Crippen LogP contribution in [0, 0.1) is 5.92 Å². The van der Waals surface area contributed by atoms with E-state index in [2.05, 4.69) is 24.1 Å². The molecule has 18 heavy (non-hydrogen) atoms. The first-order chi connectivity index (χ1) is 8.69. The van der Waals surface area contributed by atoms with Gasteiger partial charge in [0.2, 0.25) is 0 Å². The summed E-state index contributed by atoms with van der Waals surface area (Å²) < 4.78 is 11.3. The van der Waals surface area contributed by atoms with Gasteiger partial charge in [0, 0.05) is 34.4 Å². The maximum Gasteiger partial charge on any atom is 0.0249 e. The van der Waals surface area contributed by atoms with Crippen molar-refractivity contribution in [3.8, 4) is 0 Å². The highest BCUT2D eigenvalue weighted by molar-refractivity contribution is 7.85. The van der Waals surface area contributed by atoms with E-state index in [0.29, 0.717) is 12.1 Å². The first kappa shape index (κ1) is 14.5. The number of hydrogen-bond donors (Lipinski definition) is 1. The van der Waals surface area contributed by atoms with E-state index in [0.717, 1.165) is 30.3 Å². The lowest BCUT2D eigenvalue weighted by Gasteiger charge is -2.36. The predicted octanol–water partition coefficient (Wildman–Crippen LogP) is 1.61. The molecule has 0 amide bonds. The van der Waals surface area contributed by atoms with Crippen molar-refractivity contribution in [3.05, 3.63) is 0 Å². The third-order valence-electron chi connectivity index (χ3n) is 4.67. The van der Waals surface area contributed by atoms with Crippen molar-refractivity contribution in [1.29, 1.82) is 0 Å². The van der Waals surface area contributed by atoms with E-state index in [4.69, 9.17) is 0 Å². The molecule has 2 aliphatic rings. The van der Waals surface area contributed by atoms with Crippen LogP contribution in [0.1, 0.15) is 39.5 Å². The molecule has 0 aromatic heterocycles. The molecule has 106 valence electrons. The fraction of sp³-hybridized carbons (Fsp3) is 1.00. The van der Waals surface area contributed by atoms with Crippen LogP contribution in [0.4, 0.5) is 0 Å². The van der Waals surface area contributed by atoms with Crippen LogP contribution in [-0.4, -0.2) is 52.3 Å². The Bertz CT molecular complexity index is 267. The molecule has 1 atom stereocenters. The molecule has 0 aromatic carbocycles. The van der Waals surface area contributed by atoms with Gasteiger partial charge in [-0.3, -0.25) is 4.21 Å². The Morgan fingerprint density at radius 3 is 2.39 bits per heavy atom. The number of likely N-dealkylation sites (tertiary alicyclic amines) is 1. The van der Waals surface area contributed by atoms with Crippen LogP contribution < -0.4 is 5.32 Å². The molecule has 0 spiro atoms. The number of nitrogens with zero attached hydrogens (tertiary/aromatic N) is 1. The number of nitrogens with one attached hydrogen (secondary N) is 1. The number of hydrogen-bond acceptors (Lipinski definition) is 3. The van der Waals surface area contributed by atoms with Crippen LogP contribution in [0.25, 0.3) is 0 Å². The molecule has 0 aromatic rings. The van der Waals surface area contributed by atoms with Crippen molar-refractivity contribution >= 4 is 10.8 Å². The Morgan fingerprint density at radius 1 is 1.22 bits per heavy atom. The van der Waals surface area contributed by atoms with E-state index in [1.807, 2.05) is 0 Å². The smallest absolute Gasteiger partial charge is 0.0249 e. The predicted molar refractivity (Wildman–Crippen MR) is 78.3 cm³/mol. The zero-order valence-corrected chi connectivity index (χ0v) is 12.7. The fourth-order valence-electron chi connectivity index (χ4n) is 3.24. The summed E-state index contributed by atoms with van der Waals surface area (Å²) in [5.74, 6) is 2.64. The van der Waals surface area contributed by atoms with Gasteiger partial charge in [-0.2, -0.15) is 0 Å². The number of piperidine rings is 1. The lowest BCUT2D eigenvalue weighted by atomic mass is 9.89. The average molecular weight is 272 g/mol. The lowest BCUT2D eigenvalue weighted by Crippen LogP contribution is -2.47. The highest BCUT2D eigenvalue weighted by Crippen LogP contribution is 2.22. The van der Waals surface area contributed by atoms with Crippen molar-refractivity contribution in [2.24, 2.45) is 5.92 Å². The van der Waals surface area contributed by atoms with E-state index < -0.39 is 10.8 Å². The third-order valence-corrected chi connectivity index (χ3v) is 6.06. The van der Waals surface area contributed by atoms with E-state index in [9.17, 15) is 4.21 Å². The molecule has 4 heteroatoms. The first-order valence-corrected chi connectivity index (χ1v) is 9.01. The van der Waals surface area contributed by atoms with Crippen molar-refractivity contribution in [3.63, 3.8) is 0 Å². The molecular weight excluding hydrogens is 244 g/mol. The monoisotopic (exact) mass is 272 g/mol. The Kier molecular flexibility index (Phi) is 5.64. The van der Waals surface area contributed by atoms with Crippen LogP contribution in [-0.2, 0) is 10.8 Å². The largest absolute Gasteiger partial charge is 0.311 e. The maximum atomic E-state index is 11.3. The number of rotatable bonds is 4. The minimum absolute atomic E-state index is 0.533. The van der Waals surface area contributed by atoms with Gasteiger partial charge in [-0.1, -0.05) is 6.92 Å². The molecule has 0 bridgehead atoms. The second kappa shape index (κ2) is 7.01. The van der Waals surface area contributed by atoms with Crippen LogP contribution in [0.15, 0.2) is 0 Å². The fourth-order valence-corrected chi connectivity index (χ4v) is 4.54. The Labute approximate surface area is 114 Å². The topological polar surface area (TPSA) is 32.3 Å². The van der Waals surface area contributed by atoms with Crippen LogP contribution >= 0.6 is 0 Å². The normalized spacial score (nSPS) is 33.4. The minimum Gasteiger partial charge on any atom is -0.311 e. The Hall–Kier alpha value is 0.0700. The molecule has 1 unspecified atom stereocenters. The molecule has 2 fully saturated rings. The van der Waals surface area contributed by atoms with Gasteiger partial charge in [-0.05, 0) is 58.2 Å². The first-order valence-electron chi connectivity index (χ1n) is 7.52. The summed E-state index contributed by atoms with van der Waals surface area (Å²) in [6.45, 7) is 8.33. The summed E-state index contributed by atoms with van der Waals surface area (Å²) in [4.78, 5) is 2.55. The highest BCUT2D eigenvalue weighted by Gasteiger charge is 2.26. The van der Waals surface area contributed by atoms with E-state index in [-0.39, 0.29) is 0 Å². The summed E-state index contributed by atoms with van der Waals surface area (Å²) >= 11 is 0. The van der Waals surface area contributed by atoms with Crippen molar-refractivity contribution in [2.45, 2.75) is 51.6 Å². The van der Waals surface area contributed by atoms with Crippen molar-refractivity contribution < 1.29 is 4.21 Å². The lowest BCUT2D eigenvalue weighted by molar-refractivity contribution is 0.163. The molecule has 2 saturated heterocycles. The molecular formula is C14H28N2OS. The molecule has 1 N–H and O–H groups in total. The molecule has 2 heterocycles. The summed E-state index contributed by atoms with van der Waals surface area (Å²) in [5.41, 5.74) is 0. The second-order valence-corrected chi connectivity index (χ2v) is 7.55. The highest BCUT2D eigenvalue weighted by atomic mass is 32.2. The van der Waals surface area contributed by atoms with Crippen LogP contribution in [0.5, 0.6) is 0 Å². The van der Waals surface area contributed by atoms with Gasteiger partial charge in [0.05, 0.1) is 0 Å². The van der Waals surface area contributed by atoms with Gasteiger partial charge in [0.15, 0.2) is 0 Å². The molecule has 3 nitrogen and oxygen atoms in total. The van der Waals surface area contributed by atoms with Gasteiger partial charge in [0.1, 0.15) is 0 Å². The van der Waals surface area contributed by atoms with Gasteiger partial charge in [-0.15, -0.1) is 0 Å². The molecule has 0 radical (unpaired) electrons. The molecule has 0 aliphatic carbocycles. The van der Waals surface area contributed by atoms with Gasteiger partial charge >= 0.3 is 0 Å². The van der Waals surface area contributed by atoms with Gasteiger partial charge in [-0.25, -0.2) is 0 Å². The quantitative estimate of drug-likeness (QED) is 0.844. The summed E-state index contributed by atoms with van der Waals surface area (Å²) in [7, 11) is -0.533. The standard InChI is InChI=1S/C14H28N2OS/c1-3-16-8-4-13(5-9-16)12(2)15-14-6-10-18(17)11-7-14/h12-15H,3-11H2,1-2H3. The van der Waals surface area contributed by atoms with Crippen molar-refractivity contribution in [1.82, 2.24) is 10.2 Å². The van der Waals surface area contributed by atoms with Crippen molar-refractivity contribution in [2.75, 3.05) is 31.1 Å². The van der Waals surface area contributed by atoms with Crippen LogP contribution in [0.3, 0.4) is 0 Å². The van der Waals surface area contributed by atoms with E-state index in [1.165, 1.54) is 32.5 Å². The summed E-state index contributed by atoms with van der Waals surface area (Å²) in [6, 6.07) is 1.24. The van der Waals surface area contributed by atoms with E-state index in [1.54, 1.807) is 0 Å². The molecule has 2 rings (SSSR count). The minimum atomic E-state index is -0.533. The zero-order valence-electron chi connectivity index (χ0n) is 11.9. The van der Waals surface area contributed by atoms with Crippen LogP contribution in [0.2, 0.25) is 0 Å². The summed E-state index contributed by atoms with van der Waals surface area (Å²) in [5, 5.41) is 3.79. The third kappa shape index (κ3) is 4.04. The second-order valence-electron chi connectivity index (χ2n) is 5.85. The molecule has 0 saturated carbocycles. The van der Waals surface area contributed by atoms with E-state index >= 15 is 0 Å². The summed E-state index contributed by atoms with van der Waals surface area (Å²) in [6.07, 6.45) is 4.87. The van der Waals surface area contributed by atoms with Gasteiger partial charge < -0.3 is 10.2 Å². The SMILES string of the molecule is CCN1CCC(C(C)NC2CCS(=O)CC2)CC1. The Morgan fingerprint density at radius 2 is 1.83 bits per heavy atom. The van der Waals surface area contributed by atoms with Gasteiger partial charge in [0.25, 0.3) is 0 Å². The maximum absolute atomic E-state index is 11.3. The average Bonchev–Trinajstić information content (AvgIpc) is 2.41. The molecule has 2 aliphatic heterocycles.